The summed E-state index contributed by atoms with van der Waals surface area (Å²) < 4.78 is 5.26. The average molecular weight is 206 g/mol. The van der Waals surface area contributed by atoms with E-state index in [1.54, 1.807) is 13.3 Å². The molecule has 0 aromatic carbocycles. The molecule has 2 N–H and O–H groups in total. The lowest BCUT2D eigenvalue weighted by Crippen LogP contribution is -2.21. The van der Waals surface area contributed by atoms with Gasteiger partial charge in [-0.3, -0.25) is 4.98 Å². The van der Waals surface area contributed by atoms with E-state index >= 15 is 0 Å². The number of aromatic nitrogens is 1. The molecule has 0 bridgehead atoms. The highest BCUT2D eigenvalue weighted by Gasteiger charge is 2.23. The van der Waals surface area contributed by atoms with E-state index in [0.717, 1.165) is 23.8 Å². The van der Waals surface area contributed by atoms with Crippen molar-refractivity contribution in [1.29, 1.82) is 0 Å². The summed E-state index contributed by atoms with van der Waals surface area (Å²) in [5.41, 5.74) is 7.03. The molecule has 1 unspecified atom stereocenters. The number of hydrogen-bond donors (Lipinski definition) is 1. The zero-order chi connectivity index (χ0) is 10.7. The Morgan fingerprint density at radius 3 is 3.00 bits per heavy atom. The van der Waals surface area contributed by atoms with Crippen LogP contribution in [0.5, 0.6) is 5.75 Å². The summed E-state index contributed by atoms with van der Waals surface area (Å²) in [7, 11) is 1.66. The fourth-order valence-electron chi connectivity index (χ4n) is 2.05. The van der Waals surface area contributed by atoms with Gasteiger partial charge in [-0.05, 0) is 24.5 Å². The predicted molar refractivity (Wildman–Crippen MR) is 59.7 cm³/mol. The summed E-state index contributed by atoms with van der Waals surface area (Å²) in [6.07, 6.45) is 6.81. The van der Waals surface area contributed by atoms with E-state index in [-0.39, 0.29) is 6.04 Å². The van der Waals surface area contributed by atoms with E-state index in [4.69, 9.17) is 10.5 Å². The highest BCUT2D eigenvalue weighted by molar-refractivity contribution is 5.29. The maximum atomic E-state index is 6.14. The summed E-state index contributed by atoms with van der Waals surface area (Å²) in [5, 5.41) is 0. The van der Waals surface area contributed by atoms with Crippen LogP contribution < -0.4 is 10.5 Å². The molecule has 1 aliphatic rings. The van der Waals surface area contributed by atoms with Gasteiger partial charge in [-0.15, -0.1) is 0 Å². The normalized spacial score (nSPS) is 18.3. The minimum atomic E-state index is 0.0199. The van der Waals surface area contributed by atoms with Crippen molar-refractivity contribution < 1.29 is 4.74 Å². The van der Waals surface area contributed by atoms with Gasteiger partial charge in [0, 0.05) is 6.20 Å². The molecule has 0 spiro atoms. The van der Waals surface area contributed by atoms with Crippen molar-refractivity contribution in [3.05, 3.63) is 24.0 Å². The summed E-state index contributed by atoms with van der Waals surface area (Å²) in [6, 6.07) is 3.81. The van der Waals surface area contributed by atoms with Crippen LogP contribution in [0.1, 0.15) is 37.4 Å². The Kier molecular flexibility index (Phi) is 3.21. The third-order valence-electron chi connectivity index (χ3n) is 3.18. The molecule has 1 aromatic rings. The summed E-state index contributed by atoms with van der Waals surface area (Å²) in [4.78, 5) is 4.31. The van der Waals surface area contributed by atoms with Gasteiger partial charge >= 0.3 is 0 Å². The molecular formula is C12H18N2O. The molecule has 15 heavy (non-hydrogen) atoms. The first-order chi connectivity index (χ1) is 7.31. The lowest BCUT2D eigenvalue weighted by atomic mass is 9.80. The summed E-state index contributed by atoms with van der Waals surface area (Å²) in [6.45, 7) is 0. The molecule has 1 fully saturated rings. The van der Waals surface area contributed by atoms with Crippen molar-refractivity contribution in [3.63, 3.8) is 0 Å². The van der Waals surface area contributed by atoms with Crippen LogP contribution in [0.3, 0.4) is 0 Å². The van der Waals surface area contributed by atoms with Crippen LogP contribution in [-0.2, 0) is 0 Å². The Morgan fingerprint density at radius 2 is 2.40 bits per heavy atom. The Bertz CT molecular complexity index is 323. The molecule has 0 aliphatic heterocycles. The van der Waals surface area contributed by atoms with Crippen LogP contribution in [0, 0.1) is 5.92 Å². The van der Waals surface area contributed by atoms with E-state index in [9.17, 15) is 0 Å². The third kappa shape index (κ3) is 2.29. The Hall–Kier alpha value is -1.09. The molecule has 0 radical (unpaired) electrons. The first-order valence-corrected chi connectivity index (χ1v) is 5.55. The van der Waals surface area contributed by atoms with E-state index in [2.05, 4.69) is 4.98 Å². The van der Waals surface area contributed by atoms with Crippen molar-refractivity contribution in [3.8, 4) is 5.75 Å². The Labute approximate surface area is 90.7 Å². The monoisotopic (exact) mass is 206 g/mol. The van der Waals surface area contributed by atoms with Crippen LogP contribution in [0.4, 0.5) is 0 Å². The highest BCUT2D eigenvalue weighted by atomic mass is 16.5. The molecule has 3 nitrogen and oxygen atoms in total. The zero-order valence-corrected chi connectivity index (χ0v) is 9.15. The van der Waals surface area contributed by atoms with E-state index in [1.807, 2.05) is 12.1 Å². The summed E-state index contributed by atoms with van der Waals surface area (Å²) >= 11 is 0. The minimum absolute atomic E-state index is 0.0199. The lowest BCUT2D eigenvalue weighted by Gasteiger charge is -2.28. The first kappa shape index (κ1) is 10.4. The standard InChI is InChI=1S/C12H18N2O/c1-15-11-6-3-7-14-12(11)10(13)8-9-4-2-5-9/h3,6-7,9-10H,2,4-5,8,13H2,1H3. The van der Waals surface area contributed by atoms with E-state index in [0.29, 0.717) is 0 Å². The molecule has 0 saturated heterocycles. The van der Waals surface area contributed by atoms with Gasteiger partial charge in [0.2, 0.25) is 0 Å². The SMILES string of the molecule is COc1cccnc1C(N)CC1CCC1. The van der Waals surface area contributed by atoms with Crippen LogP contribution in [0.15, 0.2) is 18.3 Å². The number of nitrogens with zero attached hydrogens (tertiary/aromatic N) is 1. The fraction of sp³-hybridized carbons (Fsp3) is 0.583. The molecule has 2 rings (SSSR count). The topological polar surface area (TPSA) is 48.1 Å². The van der Waals surface area contributed by atoms with Gasteiger partial charge in [0.25, 0.3) is 0 Å². The number of methoxy groups -OCH3 is 1. The maximum Gasteiger partial charge on any atom is 0.141 e. The lowest BCUT2D eigenvalue weighted by molar-refractivity contribution is 0.273. The van der Waals surface area contributed by atoms with Crippen LogP contribution in [-0.4, -0.2) is 12.1 Å². The second kappa shape index (κ2) is 4.62. The Balaban J connectivity index is 2.05. The first-order valence-electron chi connectivity index (χ1n) is 5.55. The number of pyridine rings is 1. The fourth-order valence-corrected chi connectivity index (χ4v) is 2.05. The van der Waals surface area contributed by atoms with Gasteiger partial charge in [-0.2, -0.15) is 0 Å². The van der Waals surface area contributed by atoms with Crippen molar-refractivity contribution in [2.24, 2.45) is 11.7 Å². The molecule has 1 saturated carbocycles. The van der Waals surface area contributed by atoms with Crippen molar-refractivity contribution in [2.75, 3.05) is 7.11 Å². The van der Waals surface area contributed by atoms with Gasteiger partial charge in [0.1, 0.15) is 5.75 Å². The van der Waals surface area contributed by atoms with Crippen LogP contribution >= 0.6 is 0 Å². The van der Waals surface area contributed by atoms with Crippen LogP contribution in [0.2, 0.25) is 0 Å². The number of ether oxygens (including phenoxy) is 1. The van der Waals surface area contributed by atoms with Gasteiger partial charge in [0.05, 0.1) is 18.8 Å². The zero-order valence-electron chi connectivity index (χ0n) is 9.15. The molecule has 82 valence electrons. The smallest absolute Gasteiger partial charge is 0.141 e. The molecule has 1 aromatic heterocycles. The molecule has 1 atom stereocenters. The highest BCUT2D eigenvalue weighted by Crippen LogP contribution is 2.35. The van der Waals surface area contributed by atoms with Gasteiger partial charge < -0.3 is 10.5 Å². The number of hydrogen-bond acceptors (Lipinski definition) is 3. The molecule has 1 heterocycles. The van der Waals surface area contributed by atoms with Crippen LogP contribution in [0.25, 0.3) is 0 Å². The van der Waals surface area contributed by atoms with E-state index < -0.39 is 0 Å². The average Bonchev–Trinajstić information content (AvgIpc) is 2.23. The number of nitrogens with two attached hydrogens (primary N) is 1. The van der Waals surface area contributed by atoms with E-state index in [1.165, 1.54) is 19.3 Å². The summed E-state index contributed by atoms with van der Waals surface area (Å²) in [5.74, 6) is 1.61. The molecule has 0 amide bonds. The molecular weight excluding hydrogens is 188 g/mol. The third-order valence-corrected chi connectivity index (χ3v) is 3.18. The van der Waals surface area contributed by atoms with Crippen molar-refractivity contribution in [1.82, 2.24) is 4.98 Å². The van der Waals surface area contributed by atoms with Gasteiger partial charge in [-0.1, -0.05) is 19.3 Å². The predicted octanol–water partition coefficient (Wildman–Crippen LogP) is 2.28. The number of rotatable bonds is 4. The maximum absolute atomic E-state index is 6.14. The van der Waals surface area contributed by atoms with Gasteiger partial charge in [-0.25, -0.2) is 0 Å². The Morgan fingerprint density at radius 1 is 1.60 bits per heavy atom. The van der Waals surface area contributed by atoms with Gasteiger partial charge in [0.15, 0.2) is 0 Å². The molecule has 3 heteroatoms. The second-order valence-corrected chi connectivity index (χ2v) is 4.23. The van der Waals surface area contributed by atoms with Crippen molar-refractivity contribution in [2.45, 2.75) is 31.7 Å². The quantitative estimate of drug-likeness (QED) is 0.822. The second-order valence-electron chi connectivity index (χ2n) is 4.23. The van der Waals surface area contributed by atoms with Crippen molar-refractivity contribution >= 4 is 0 Å². The largest absolute Gasteiger partial charge is 0.495 e. The minimum Gasteiger partial charge on any atom is -0.495 e. The molecule has 1 aliphatic carbocycles.